The highest BCUT2D eigenvalue weighted by molar-refractivity contribution is 4.79. The van der Waals surface area contributed by atoms with E-state index in [0.29, 0.717) is 13.2 Å². The molecule has 96 valence electrons. The number of aliphatic hydroxyl groups excluding tert-OH is 1. The molecule has 0 radical (unpaired) electrons. The first-order valence-corrected chi connectivity index (χ1v) is 6.18. The van der Waals surface area contributed by atoms with Gasteiger partial charge in [-0.1, -0.05) is 0 Å². The average molecular weight is 230 g/mol. The Hall–Kier alpha value is -0.160. The first-order chi connectivity index (χ1) is 7.53. The van der Waals surface area contributed by atoms with Gasteiger partial charge < -0.3 is 20.1 Å². The van der Waals surface area contributed by atoms with Gasteiger partial charge in [0.1, 0.15) is 0 Å². The largest absolute Gasteiger partial charge is 0.390 e. The van der Waals surface area contributed by atoms with Crippen LogP contribution in [0.1, 0.15) is 26.7 Å². The number of nitrogens with zero attached hydrogens (tertiary/aromatic N) is 1. The summed E-state index contributed by atoms with van der Waals surface area (Å²) in [7, 11) is 1.70. The summed E-state index contributed by atoms with van der Waals surface area (Å²) in [6.45, 7) is 8.52. The summed E-state index contributed by atoms with van der Waals surface area (Å²) < 4.78 is 5.12. The van der Waals surface area contributed by atoms with E-state index < -0.39 is 0 Å². The molecular weight excluding hydrogens is 204 g/mol. The molecule has 0 spiro atoms. The summed E-state index contributed by atoms with van der Waals surface area (Å²) in [5, 5.41) is 13.2. The van der Waals surface area contributed by atoms with E-state index in [-0.39, 0.29) is 11.6 Å². The van der Waals surface area contributed by atoms with Crippen molar-refractivity contribution in [1.82, 2.24) is 10.2 Å². The third-order valence-corrected chi connectivity index (χ3v) is 2.99. The van der Waals surface area contributed by atoms with Crippen LogP contribution in [-0.4, -0.2) is 61.5 Å². The Labute approximate surface area is 99.0 Å². The summed E-state index contributed by atoms with van der Waals surface area (Å²) in [6, 6.07) is 0. The number of hydrogen-bond acceptors (Lipinski definition) is 4. The maximum Gasteiger partial charge on any atom is 0.0791 e. The summed E-state index contributed by atoms with van der Waals surface area (Å²) >= 11 is 0. The molecule has 0 saturated carbocycles. The van der Waals surface area contributed by atoms with Gasteiger partial charge in [0, 0.05) is 25.7 Å². The molecule has 0 bridgehead atoms. The third-order valence-electron chi connectivity index (χ3n) is 2.99. The van der Waals surface area contributed by atoms with Gasteiger partial charge >= 0.3 is 0 Å². The maximum absolute atomic E-state index is 9.90. The molecular formula is C12H26N2O2. The quantitative estimate of drug-likeness (QED) is 0.667. The highest BCUT2D eigenvalue weighted by atomic mass is 16.5. The fourth-order valence-corrected chi connectivity index (χ4v) is 2.13. The van der Waals surface area contributed by atoms with Crippen molar-refractivity contribution < 1.29 is 9.84 Å². The molecule has 1 unspecified atom stereocenters. The molecule has 1 atom stereocenters. The fourth-order valence-electron chi connectivity index (χ4n) is 2.13. The van der Waals surface area contributed by atoms with Crippen molar-refractivity contribution in [2.75, 3.05) is 39.9 Å². The number of likely N-dealkylation sites (tertiary alicyclic amines) is 1. The van der Waals surface area contributed by atoms with Crippen molar-refractivity contribution >= 4 is 0 Å². The van der Waals surface area contributed by atoms with Crippen molar-refractivity contribution in [2.45, 2.75) is 38.3 Å². The highest BCUT2D eigenvalue weighted by Crippen LogP contribution is 2.08. The molecule has 0 aromatic carbocycles. The Kier molecular flexibility index (Phi) is 5.69. The highest BCUT2D eigenvalue weighted by Gasteiger charge is 2.20. The predicted molar refractivity (Wildman–Crippen MR) is 65.6 cm³/mol. The van der Waals surface area contributed by atoms with Gasteiger partial charge in [-0.25, -0.2) is 0 Å². The smallest absolute Gasteiger partial charge is 0.0791 e. The molecule has 2 N–H and O–H groups in total. The normalized spacial score (nSPS) is 20.2. The van der Waals surface area contributed by atoms with E-state index in [1.807, 2.05) is 0 Å². The molecule has 0 aromatic heterocycles. The van der Waals surface area contributed by atoms with E-state index in [9.17, 15) is 5.11 Å². The minimum Gasteiger partial charge on any atom is -0.390 e. The molecule has 1 heterocycles. The van der Waals surface area contributed by atoms with Crippen LogP contribution in [0.3, 0.4) is 0 Å². The number of ether oxygens (including phenoxy) is 1. The molecule has 1 aliphatic heterocycles. The molecule has 1 fully saturated rings. The fraction of sp³-hybridized carbons (Fsp3) is 1.00. The summed E-state index contributed by atoms with van der Waals surface area (Å²) in [4.78, 5) is 2.33. The number of aliphatic hydroxyl groups is 1. The van der Waals surface area contributed by atoms with Crippen LogP contribution in [0.5, 0.6) is 0 Å². The number of β-amino-alcohol motifs (C(OH)–C–C–N with tert-alkyl or cyclic N) is 1. The van der Waals surface area contributed by atoms with Crippen molar-refractivity contribution in [2.24, 2.45) is 0 Å². The Morgan fingerprint density at radius 1 is 1.38 bits per heavy atom. The summed E-state index contributed by atoms with van der Waals surface area (Å²) in [5.74, 6) is 0. The van der Waals surface area contributed by atoms with Crippen molar-refractivity contribution in [3.05, 3.63) is 0 Å². The van der Waals surface area contributed by atoms with Crippen LogP contribution in [0, 0.1) is 0 Å². The molecule has 0 amide bonds. The Bertz CT molecular complexity index is 191. The predicted octanol–water partition coefficient (Wildman–Crippen LogP) is 0.458. The lowest BCUT2D eigenvalue weighted by molar-refractivity contribution is 0.0910. The van der Waals surface area contributed by atoms with Crippen LogP contribution < -0.4 is 5.32 Å². The van der Waals surface area contributed by atoms with Gasteiger partial charge in [0.15, 0.2) is 0 Å². The van der Waals surface area contributed by atoms with Crippen molar-refractivity contribution in [1.29, 1.82) is 0 Å². The molecule has 1 aliphatic rings. The zero-order chi connectivity index (χ0) is 12.0. The van der Waals surface area contributed by atoms with Gasteiger partial charge in [-0.15, -0.1) is 0 Å². The number of hydrogen-bond donors (Lipinski definition) is 2. The standard InChI is InChI=1S/C12H26N2O2/c1-12(2,10-16-3)13-8-11(15)9-14-6-4-5-7-14/h11,13,15H,4-10H2,1-3H3. The Morgan fingerprint density at radius 3 is 2.56 bits per heavy atom. The number of rotatable bonds is 7. The van der Waals surface area contributed by atoms with Crippen LogP contribution in [0.2, 0.25) is 0 Å². The van der Waals surface area contributed by atoms with Gasteiger partial charge in [0.25, 0.3) is 0 Å². The molecule has 0 aromatic rings. The minimum atomic E-state index is -0.283. The maximum atomic E-state index is 9.90. The van der Waals surface area contributed by atoms with Gasteiger partial charge in [0.2, 0.25) is 0 Å². The van der Waals surface area contributed by atoms with Crippen LogP contribution >= 0.6 is 0 Å². The van der Waals surface area contributed by atoms with E-state index in [1.165, 1.54) is 12.8 Å². The molecule has 1 rings (SSSR count). The van der Waals surface area contributed by atoms with Gasteiger partial charge in [-0.05, 0) is 39.8 Å². The first kappa shape index (κ1) is 13.9. The lowest BCUT2D eigenvalue weighted by Crippen LogP contribution is -2.48. The lowest BCUT2D eigenvalue weighted by Gasteiger charge is -2.28. The van der Waals surface area contributed by atoms with E-state index in [1.54, 1.807) is 7.11 Å². The zero-order valence-electron chi connectivity index (χ0n) is 10.8. The summed E-state index contributed by atoms with van der Waals surface area (Å²) in [5.41, 5.74) is -0.0687. The Morgan fingerprint density at radius 2 is 2.00 bits per heavy atom. The van der Waals surface area contributed by atoms with E-state index >= 15 is 0 Å². The Balaban J connectivity index is 2.15. The molecule has 16 heavy (non-hydrogen) atoms. The van der Waals surface area contributed by atoms with Crippen molar-refractivity contribution in [3.63, 3.8) is 0 Å². The lowest BCUT2D eigenvalue weighted by atomic mass is 10.1. The average Bonchev–Trinajstić information content (AvgIpc) is 2.68. The second kappa shape index (κ2) is 6.55. The van der Waals surface area contributed by atoms with Gasteiger partial charge in [0.05, 0.1) is 12.7 Å². The molecule has 4 heteroatoms. The second-order valence-corrected chi connectivity index (χ2v) is 5.36. The summed E-state index contributed by atoms with van der Waals surface area (Å²) in [6.07, 6.45) is 2.26. The van der Waals surface area contributed by atoms with E-state index in [2.05, 4.69) is 24.1 Å². The van der Waals surface area contributed by atoms with E-state index in [0.717, 1.165) is 19.6 Å². The minimum absolute atomic E-state index is 0.0687. The van der Waals surface area contributed by atoms with Gasteiger partial charge in [-0.2, -0.15) is 0 Å². The van der Waals surface area contributed by atoms with Gasteiger partial charge in [-0.3, -0.25) is 0 Å². The monoisotopic (exact) mass is 230 g/mol. The number of nitrogens with one attached hydrogen (secondary N) is 1. The second-order valence-electron chi connectivity index (χ2n) is 5.36. The topological polar surface area (TPSA) is 44.7 Å². The molecule has 1 saturated heterocycles. The van der Waals surface area contributed by atoms with Crippen LogP contribution in [-0.2, 0) is 4.74 Å². The van der Waals surface area contributed by atoms with E-state index in [4.69, 9.17) is 4.74 Å². The SMILES string of the molecule is COCC(C)(C)NCC(O)CN1CCCC1. The molecule has 4 nitrogen and oxygen atoms in total. The van der Waals surface area contributed by atoms with Crippen LogP contribution in [0.4, 0.5) is 0 Å². The number of methoxy groups -OCH3 is 1. The van der Waals surface area contributed by atoms with Crippen LogP contribution in [0.25, 0.3) is 0 Å². The third kappa shape index (κ3) is 5.25. The van der Waals surface area contributed by atoms with Crippen molar-refractivity contribution in [3.8, 4) is 0 Å². The zero-order valence-corrected chi connectivity index (χ0v) is 10.8. The van der Waals surface area contributed by atoms with Crippen LogP contribution in [0.15, 0.2) is 0 Å². The molecule has 0 aliphatic carbocycles. The first-order valence-electron chi connectivity index (χ1n) is 6.18.